The average molecular weight is 374 g/mol. The molecule has 1 heterocycles. The van der Waals surface area contributed by atoms with Crippen LogP contribution in [0.2, 0.25) is 0 Å². The second-order valence-electron chi connectivity index (χ2n) is 6.56. The molecule has 28 heavy (non-hydrogen) atoms. The maximum atomic E-state index is 12.9. The van der Waals surface area contributed by atoms with Crippen molar-refractivity contribution in [2.75, 3.05) is 7.11 Å². The molecule has 0 saturated carbocycles. The Morgan fingerprint density at radius 3 is 2.11 bits per heavy atom. The third-order valence-electron chi connectivity index (χ3n) is 4.66. The smallest absolute Gasteiger partial charge is 0.339 e. The lowest BCUT2D eigenvalue weighted by atomic mass is 9.90. The molecule has 0 aliphatic carbocycles. The summed E-state index contributed by atoms with van der Waals surface area (Å²) in [5.41, 5.74) is 3.98. The van der Waals surface area contributed by atoms with Gasteiger partial charge in [-0.25, -0.2) is 4.79 Å². The average Bonchev–Trinajstić information content (AvgIpc) is 3.08. The van der Waals surface area contributed by atoms with Crippen molar-refractivity contribution < 1.29 is 18.7 Å². The van der Waals surface area contributed by atoms with E-state index in [9.17, 15) is 9.59 Å². The zero-order valence-electron chi connectivity index (χ0n) is 16.4. The van der Waals surface area contributed by atoms with Crippen LogP contribution < -0.4 is 0 Å². The molecule has 4 heteroatoms. The first kappa shape index (κ1) is 19.4. The largest absolute Gasteiger partial charge is 0.465 e. The van der Waals surface area contributed by atoms with E-state index in [0.717, 1.165) is 16.7 Å². The maximum Gasteiger partial charge on any atom is 0.339 e. The van der Waals surface area contributed by atoms with Gasteiger partial charge in [-0.3, -0.25) is 4.79 Å². The number of furan rings is 1. The van der Waals surface area contributed by atoms with Crippen molar-refractivity contribution >= 4 is 22.9 Å². The summed E-state index contributed by atoms with van der Waals surface area (Å²) in [6.45, 7) is 5.18. The minimum absolute atomic E-state index is 0.0876. The number of ketones is 1. The van der Waals surface area contributed by atoms with E-state index in [1.165, 1.54) is 14.0 Å². The van der Waals surface area contributed by atoms with Crippen molar-refractivity contribution in [3.63, 3.8) is 0 Å². The fraction of sp³-hybridized carbons (Fsp3) is 0.167. The van der Waals surface area contributed by atoms with Crippen molar-refractivity contribution in [1.29, 1.82) is 0 Å². The third kappa shape index (κ3) is 3.67. The molecule has 0 spiro atoms. The van der Waals surface area contributed by atoms with Crippen LogP contribution in [0, 0.1) is 13.8 Å². The summed E-state index contributed by atoms with van der Waals surface area (Å²) in [6, 6.07) is 18.8. The quantitative estimate of drug-likeness (QED) is 0.265. The first-order chi connectivity index (χ1) is 13.4. The predicted octanol–water partition coefficient (Wildman–Crippen LogP) is 5.23. The van der Waals surface area contributed by atoms with E-state index in [1.807, 2.05) is 61.5 Å². The molecule has 0 saturated heterocycles. The van der Waals surface area contributed by atoms with Gasteiger partial charge in [-0.2, -0.15) is 0 Å². The van der Waals surface area contributed by atoms with Gasteiger partial charge in [0.2, 0.25) is 0 Å². The Labute approximate surface area is 164 Å². The van der Waals surface area contributed by atoms with Crippen molar-refractivity contribution in [2.24, 2.45) is 0 Å². The third-order valence-corrected chi connectivity index (χ3v) is 4.66. The molecule has 0 unspecified atom stereocenters. The van der Waals surface area contributed by atoms with E-state index >= 15 is 0 Å². The van der Waals surface area contributed by atoms with Crippen molar-refractivity contribution in [3.8, 4) is 0 Å². The number of methoxy groups -OCH3 is 1. The molecule has 4 nitrogen and oxygen atoms in total. The normalized spacial score (nSPS) is 11.7. The number of aryl methyl sites for hydroxylation is 2. The summed E-state index contributed by atoms with van der Waals surface area (Å²) >= 11 is 0. The monoisotopic (exact) mass is 374 g/mol. The molecule has 0 N–H and O–H groups in total. The summed E-state index contributed by atoms with van der Waals surface area (Å²) in [4.78, 5) is 24.8. The summed E-state index contributed by atoms with van der Waals surface area (Å²) in [6.07, 6.45) is 0. The molecule has 0 aliphatic heterocycles. The lowest BCUT2D eigenvalue weighted by molar-refractivity contribution is -0.133. The van der Waals surface area contributed by atoms with Gasteiger partial charge in [0.05, 0.1) is 18.2 Å². The minimum atomic E-state index is -0.466. The fourth-order valence-electron chi connectivity index (χ4n) is 3.27. The number of hydrogen-bond donors (Lipinski definition) is 0. The van der Waals surface area contributed by atoms with Crippen LogP contribution in [0.4, 0.5) is 0 Å². The van der Waals surface area contributed by atoms with E-state index in [0.29, 0.717) is 28.2 Å². The minimum Gasteiger partial charge on any atom is -0.465 e. The topological polar surface area (TPSA) is 56.5 Å². The Bertz CT molecular complexity index is 1060. The Morgan fingerprint density at radius 2 is 1.54 bits per heavy atom. The molecule has 0 amide bonds. The van der Waals surface area contributed by atoms with Crippen LogP contribution in [0.25, 0.3) is 11.1 Å². The molecule has 0 atom stereocenters. The van der Waals surface area contributed by atoms with E-state index < -0.39 is 5.97 Å². The second kappa shape index (κ2) is 8.09. The number of hydrogen-bond acceptors (Lipinski definition) is 4. The molecular weight excluding hydrogens is 352 g/mol. The van der Waals surface area contributed by atoms with Crippen LogP contribution in [0.15, 0.2) is 65.1 Å². The molecule has 2 aromatic carbocycles. The van der Waals surface area contributed by atoms with E-state index in [2.05, 4.69) is 0 Å². The lowest BCUT2D eigenvalue weighted by Gasteiger charge is -2.15. The Balaban J connectivity index is 2.42. The van der Waals surface area contributed by atoms with Crippen molar-refractivity contribution in [2.45, 2.75) is 20.8 Å². The standard InChI is InChI=1S/C24H22O4/c1-15-10-8-9-13-19(15)23(24(26)27-4)22(18-11-6-5-7-12-18)21-14-20(16(2)25)17(3)28-21/h5-14H,1-4H3/b23-22+. The van der Waals surface area contributed by atoms with Gasteiger partial charge < -0.3 is 9.15 Å². The SMILES string of the molecule is COC(=O)/C(=C(\c1ccccc1)c1cc(C(C)=O)c(C)o1)c1ccccc1C. The molecule has 142 valence electrons. The summed E-state index contributed by atoms with van der Waals surface area (Å²) in [5.74, 6) is 0.421. The van der Waals surface area contributed by atoms with Crippen LogP contribution in [0.5, 0.6) is 0 Å². The lowest BCUT2D eigenvalue weighted by Crippen LogP contribution is -2.09. The summed E-state index contributed by atoms with van der Waals surface area (Å²) in [7, 11) is 1.36. The van der Waals surface area contributed by atoms with Crippen LogP contribution in [-0.2, 0) is 9.53 Å². The molecular formula is C24H22O4. The molecule has 0 radical (unpaired) electrons. The van der Waals surface area contributed by atoms with Gasteiger partial charge in [-0.15, -0.1) is 0 Å². The molecule has 3 aromatic rings. The van der Waals surface area contributed by atoms with Crippen molar-refractivity contribution in [1.82, 2.24) is 0 Å². The number of carbonyl (C=O) groups is 2. The number of esters is 1. The predicted molar refractivity (Wildman–Crippen MR) is 109 cm³/mol. The maximum absolute atomic E-state index is 12.9. The highest BCUT2D eigenvalue weighted by Gasteiger charge is 2.25. The highest BCUT2D eigenvalue weighted by Crippen LogP contribution is 2.36. The zero-order valence-corrected chi connectivity index (χ0v) is 16.4. The van der Waals surface area contributed by atoms with Gasteiger partial charge in [0.1, 0.15) is 11.5 Å². The molecule has 0 bridgehead atoms. The Hall–Kier alpha value is -3.40. The van der Waals surface area contributed by atoms with E-state index in [-0.39, 0.29) is 5.78 Å². The van der Waals surface area contributed by atoms with Gasteiger partial charge in [-0.05, 0) is 43.5 Å². The number of carbonyl (C=O) groups excluding carboxylic acids is 2. The Morgan fingerprint density at radius 1 is 0.893 bits per heavy atom. The van der Waals surface area contributed by atoms with Crippen LogP contribution >= 0.6 is 0 Å². The van der Waals surface area contributed by atoms with Gasteiger partial charge >= 0.3 is 5.97 Å². The van der Waals surface area contributed by atoms with Gasteiger partial charge in [0, 0.05) is 5.57 Å². The first-order valence-corrected chi connectivity index (χ1v) is 8.99. The highest BCUT2D eigenvalue weighted by molar-refractivity contribution is 6.26. The molecule has 0 aliphatic rings. The molecule has 1 aromatic heterocycles. The number of Topliss-reactive ketones (excluding diaryl/α,β-unsaturated/α-hetero) is 1. The number of benzene rings is 2. The number of ether oxygens (including phenoxy) is 1. The number of rotatable bonds is 5. The van der Waals surface area contributed by atoms with Gasteiger partial charge in [0.25, 0.3) is 0 Å². The first-order valence-electron chi connectivity index (χ1n) is 8.99. The second-order valence-corrected chi connectivity index (χ2v) is 6.56. The van der Waals surface area contributed by atoms with E-state index in [4.69, 9.17) is 9.15 Å². The molecule has 3 rings (SSSR count). The van der Waals surface area contributed by atoms with Crippen LogP contribution in [0.3, 0.4) is 0 Å². The summed E-state index contributed by atoms with van der Waals surface area (Å²) < 4.78 is 11.1. The zero-order chi connectivity index (χ0) is 20.3. The Kier molecular flexibility index (Phi) is 5.59. The van der Waals surface area contributed by atoms with E-state index in [1.54, 1.807) is 13.0 Å². The highest BCUT2D eigenvalue weighted by atomic mass is 16.5. The fourth-order valence-corrected chi connectivity index (χ4v) is 3.27. The summed E-state index contributed by atoms with van der Waals surface area (Å²) in [5, 5.41) is 0. The van der Waals surface area contributed by atoms with Crippen LogP contribution in [0.1, 0.15) is 45.5 Å². The van der Waals surface area contributed by atoms with Gasteiger partial charge in [0.15, 0.2) is 5.78 Å². The van der Waals surface area contributed by atoms with Crippen LogP contribution in [-0.4, -0.2) is 18.9 Å². The molecule has 0 fully saturated rings. The van der Waals surface area contributed by atoms with Gasteiger partial charge in [-0.1, -0.05) is 54.6 Å². The van der Waals surface area contributed by atoms with Crippen molar-refractivity contribution in [3.05, 3.63) is 94.4 Å².